The Hall–Kier alpha value is -3.12. The fourth-order valence-corrected chi connectivity index (χ4v) is 3.57. The molecule has 3 aromatic rings. The smallest absolute Gasteiger partial charge is 0.227 e. The van der Waals surface area contributed by atoms with Crippen LogP contribution in [0.2, 0.25) is 0 Å². The number of nitrogens with zero attached hydrogens (tertiary/aromatic N) is 1. The fraction of sp³-hybridized carbons (Fsp3) is 0.261. The lowest BCUT2D eigenvalue weighted by Gasteiger charge is -2.33. The number of hydrogen-bond donors (Lipinski definition) is 1. The van der Waals surface area contributed by atoms with Crippen LogP contribution in [0.5, 0.6) is 5.75 Å². The normalized spacial score (nSPS) is 14.7. The molecule has 1 aromatic heterocycles. The monoisotopic (exact) mass is 395 g/mol. The maximum Gasteiger partial charge on any atom is 0.227 e. The molecule has 2 aromatic carbocycles. The van der Waals surface area contributed by atoms with E-state index >= 15 is 0 Å². The van der Waals surface area contributed by atoms with Crippen molar-refractivity contribution in [1.82, 2.24) is 0 Å². The van der Waals surface area contributed by atoms with Gasteiger partial charge in [-0.2, -0.15) is 0 Å². The first kappa shape index (κ1) is 19.2. The highest BCUT2D eigenvalue weighted by Gasteiger charge is 2.23. The second-order valence-corrected chi connectivity index (χ2v) is 7.21. The van der Waals surface area contributed by atoms with Gasteiger partial charge in [0.1, 0.15) is 25.2 Å². The van der Waals surface area contributed by atoms with Crippen LogP contribution in [-0.4, -0.2) is 26.2 Å². The van der Waals surface area contributed by atoms with Gasteiger partial charge in [0.2, 0.25) is 11.2 Å². The SMILES string of the molecule is O=c1cc(C[NH+]2CCN(c3ccccc3F)CC2)occ1OCc1ccccc1. The van der Waals surface area contributed by atoms with E-state index in [2.05, 4.69) is 4.90 Å². The highest BCUT2D eigenvalue weighted by atomic mass is 19.1. The second-order valence-electron chi connectivity index (χ2n) is 7.21. The van der Waals surface area contributed by atoms with Gasteiger partial charge in [0, 0.05) is 6.07 Å². The largest absolute Gasteiger partial charge is 0.482 e. The van der Waals surface area contributed by atoms with Gasteiger partial charge in [-0.05, 0) is 17.7 Å². The number of benzene rings is 2. The molecule has 2 heterocycles. The predicted octanol–water partition coefficient (Wildman–Crippen LogP) is 2.26. The molecule has 1 aliphatic heterocycles. The summed E-state index contributed by atoms with van der Waals surface area (Å²) in [6.07, 6.45) is 1.40. The minimum Gasteiger partial charge on any atom is -0.482 e. The zero-order valence-electron chi connectivity index (χ0n) is 16.1. The zero-order chi connectivity index (χ0) is 20.1. The molecule has 0 amide bonds. The zero-order valence-corrected chi connectivity index (χ0v) is 16.1. The van der Waals surface area contributed by atoms with Crippen LogP contribution < -0.4 is 20.0 Å². The van der Waals surface area contributed by atoms with Crippen LogP contribution in [0.15, 0.2) is 76.1 Å². The van der Waals surface area contributed by atoms with Crippen molar-refractivity contribution in [2.75, 3.05) is 31.1 Å². The summed E-state index contributed by atoms with van der Waals surface area (Å²) in [5.74, 6) is 0.668. The molecule has 0 aliphatic carbocycles. The van der Waals surface area contributed by atoms with E-state index in [1.54, 1.807) is 6.07 Å². The molecule has 0 bridgehead atoms. The second kappa shape index (κ2) is 8.92. The summed E-state index contributed by atoms with van der Waals surface area (Å²) in [7, 11) is 0. The van der Waals surface area contributed by atoms with Gasteiger partial charge >= 0.3 is 0 Å². The van der Waals surface area contributed by atoms with Crippen LogP contribution in [0.25, 0.3) is 0 Å². The van der Waals surface area contributed by atoms with E-state index in [1.807, 2.05) is 42.5 Å². The molecule has 1 aliphatic rings. The molecule has 4 rings (SSSR count). The summed E-state index contributed by atoms with van der Waals surface area (Å²) in [6.45, 7) is 4.18. The minimum atomic E-state index is -0.187. The molecule has 29 heavy (non-hydrogen) atoms. The van der Waals surface area contributed by atoms with E-state index < -0.39 is 0 Å². The Morgan fingerprint density at radius 2 is 1.76 bits per heavy atom. The van der Waals surface area contributed by atoms with Gasteiger partial charge in [-0.25, -0.2) is 4.39 Å². The standard InChI is InChI=1S/C23H23FN2O3/c24-20-8-4-5-9-21(20)26-12-10-25(11-13-26)15-19-14-22(27)23(17-28-19)29-16-18-6-2-1-3-7-18/h1-9,14,17H,10-13,15-16H2/p+1. The molecule has 0 saturated carbocycles. The Balaban J connectivity index is 1.32. The Morgan fingerprint density at radius 3 is 2.48 bits per heavy atom. The van der Waals surface area contributed by atoms with Gasteiger partial charge in [0.05, 0.1) is 31.9 Å². The lowest BCUT2D eigenvalue weighted by Crippen LogP contribution is -3.13. The van der Waals surface area contributed by atoms with Gasteiger partial charge in [-0.3, -0.25) is 4.79 Å². The maximum atomic E-state index is 14.0. The van der Waals surface area contributed by atoms with Crippen LogP contribution >= 0.6 is 0 Å². The average Bonchev–Trinajstić information content (AvgIpc) is 2.75. The van der Waals surface area contributed by atoms with E-state index in [0.717, 1.165) is 31.7 Å². The van der Waals surface area contributed by atoms with Gasteiger partial charge in [0.25, 0.3) is 0 Å². The van der Waals surface area contributed by atoms with Crippen molar-refractivity contribution >= 4 is 5.69 Å². The molecule has 150 valence electrons. The predicted molar refractivity (Wildman–Crippen MR) is 109 cm³/mol. The molecule has 0 radical (unpaired) electrons. The molecular weight excluding hydrogens is 371 g/mol. The molecule has 0 unspecified atom stereocenters. The van der Waals surface area contributed by atoms with Crippen molar-refractivity contribution in [2.45, 2.75) is 13.2 Å². The van der Waals surface area contributed by atoms with Crippen LogP contribution in [0.1, 0.15) is 11.3 Å². The topological polar surface area (TPSA) is 47.1 Å². The highest BCUT2D eigenvalue weighted by Crippen LogP contribution is 2.18. The van der Waals surface area contributed by atoms with Crippen molar-refractivity contribution in [2.24, 2.45) is 0 Å². The quantitative estimate of drug-likeness (QED) is 0.696. The van der Waals surface area contributed by atoms with E-state index in [9.17, 15) is 9.18 Å². The number of piperazine rings is 1. The number of rotatable bonds is 6. The molecule has 1 saturated heterocycles. The summed E-state index contributed by atoms with van der Waals surface area (Å²) in [4.78, 5) is 15.7. The number of para-hydroxylation sites is 1. The highest BCUT2D eigenvalue weighted by molar-refractivity contribution is 5.47. The van der Waals surface area contributed by atoms with Crippen LogP contribution in [-0.2, 0) is 13.2 Å². The number of ether oxygens (including phenoxy) is 1. The molecular formula is C23H24FN2O3+. The van der Waals surface area contributed by atoms with E-state index in [4.69, 9.17) is 9.15 Å². The number of hydrogen-bond acceptors (Lipinski definition) is 4. The molecule has 5 nitrogen and oxygen atoms in total. The first-order valence-electron chi connectivity index (χ1n) is 9.80. The summed E-state index contributed by atoms with van der Waals surface area (Å²) < 4.78 is 25.2. The van der Waals surface area contributed by atoms with Crippen LogP contribution in [0, 0.1) is 5.82 Å². The third-order valence-corrected chi connectivity index (χ3v) is 5.18. The summed E-state index contributed by atoms with van der Waals surface area (Å²) in [5.41, 5.74) is 1.47. The van der Waals surface area contributed by atoms with Crippen molar-refractivity contribution in [3.8, 4) is 5.75 Å². The maximum absolute atomic E-state index is 14.0. The Bertz CT molecular complexity index is 998. The first-order chi connectivity index (χ1) is 14.2. The van der Waals surface area contributed by atoms with Crippen LogP contribution in [0.4, 0.5) is 10.1 Å². The Labute approximate surface area is 168 Å². The molecule has 0 spiro atoms. The third kappa shape index (κ3) is 4.84. The van der Waals surface area contributed by atoms with E-state index in [0.29, 0.717) is 24.6 Å². The number of halogens is 1. The molecule has 6 heteroatoms. The summed E-state index contributed by atoms with van der Waals surface area (Å²) in [6, 6.07) is 18.1. The summed E-state index contributed by atoms with van der Waals surface area (Å²) >= 11 is 0. The third-order valence-electron chi connectivity index (χ3n) is 5.18. The van der Waals surface area contributed by atoms with Gasteiger partial charge < -0.3 is 19.0 Å². The van der Waals surface area contributed by atoms with Gasteiger partial charge in [-0.15, -0.1) is 0 Å². The molecule has 1 fully saturated rings. The van der Waals surface area contributed by atoms with Crippen molar-refractivity contribution in [3.05, 3.63) is 94.3 Å². The van der Waals surface area contributed by atoms with Crippen molar-refractivity contribution in [1.29, 1.82) is 0 Å². The summed E-state index contributed by atoms with van der Waals surface area (Å²) in [5, 5.41) is 0. The lowest BCUT2D eigenvalue weighted by atomic mass is 10.2. The number of anilines is 1. The first-order valence-corrected chi connectivity index (χ1v) is 9.80. The van der Waals surface area contributed by atoms with Crippen LogP contribution in [0.3, 0.4) is 0 Å². The minimum absolute atomic E-state index is 0.174. The van der Waals surface area contributed by atoms with E-state index in [1.165, 1.54) is 23.3 Å². The number of quaternary nitrogens is 1. The Kier molecular flexibility index (Phi) is 5.91. The Morgan fingerprint density at radius 1 is 1.03 bits per heavy atom. The fourth-order valence-electron chi connectivity index (χ4n) is 3.57. The average molecular weight is 395 g/mol. The van der Waals surface area contributed by atoms with Crippen molar-refractivity contribution in [3.63, 3.8) is 0 Å². The lowest BCUT2D eigenvalue weighted by molar-refractivity contribution is -0.915. The van der Waals surface area contributed by atoms with Gasteiger partial charge in [0.15, 0.2) is 5.76 Å². The van der Waals surface area contributed by atoms with E-state index in [-0.39, 0.29) is 17.0 Å². The van der Waals surface area contributed by atoms with Gasteiger partial charge in [-0.1, -0.05) is 42.5 Å². The number of nitrogens with one attached hydrogen (secondary N) is 1. The molecule has 0 atom stereocenters. The molecule has 1 N–H and O–H groups in total. The van der Waals surface area contributed by atoms with Crippen molar-refractivity contribution < 1.29 is 18.4 Å².